The van der Waals surface area contributed by atoms with Crippen LogP contribution in [0.4, 0.5) is 11.4 Å². The van der Waals surface area contributed by atoms with Crippen LogP contribution in [-0.4, -0.2) is 35.0 Å². The summed E-state index contributed by atoms with van der Waals surface area (Å²) in [5.41, 5.74) is 1.25. The molecule has 0 unspecified atom stereocenters. The maximum Gasteiger partial charge on any atom is 0.278 e. The Kier molecular flexibility index (Phi) is 6.07. The Morgan fingerprint density at radius 3 is 2.47 bits per heavy atom. The lowest BCUT2D eigenvalue weighted by molar-refractivity contribution is -0.384. The van der Waals surface area contributed by atoms with Gasteiger partial charge in [-0.3, -0.25) is 24.6 Å². The van der Waals surface area contributed by atoms with Crippen molar-refractivity contribution >= 4 is 28.8 Å². The predicted octanol–water partition coefficient (Wildman–Crippen LogP) is 4.10. The Hall–Kier alpha value is -3.88. The standard InChI is InChI=1S/C23H23N3O6/c1-2-3-4-5-12-25-22(27)20(15-6-9-17(10-7-15)26(29)30)21(23(25)28)24-16-8-11-18-19(13-16)32-14-31-18/h6-11,13,24H,2-5,12,14H2,1H3. The fourth-order valence-corrected chi connectivity index (χ4v) is 3.73. The Bertz CT molecular complexity index is 1090. The van der Waals surface area contributed by atoms with Crippen LogP contribution in [0.2, 0.25) is 0 Å². The smallest absolute Gasteiger partial charge is 0.278 e. The summed E-state index contributed by atoms with van der Waals surface area (Å²) in [6, 6.07) is 10.8. The predicted molar refractivity (Wildman–Crippen MR) is 117 cm³/mol. The lowest BCUT2D eigenvalue weighted by Gasteiger charge is -2.15. The average molecular weight is 437 g/mol. The van der Waals surface area contributed by atoms with E-state index < -0.39 is 16.7 Å². The van der Waals surface area contributed by atoms with Gasteiger partial charge in [-0.05, 0) is 36.2 Å². The van der Waals surface area contributed by atoms with Crippen molar-refractivity contribution in [3.8, 4) is 11.5 Å². The summed E-state index contributed by atoms with van der Waals surface area (Å²) in [4.78, 5) is 38.1. The van der Waals surface area contributed by atoms with Crippen molar-refractivity contribution < 1.29 is 24.0 Å². The van der Waals surface area contributed by atoms with Gasteiger partial charge in [0.1, 0.15) is 5.70 Å². The zero-order valence-electron chi connectivity index (χ0n) is 17.6. The van der Waals surface area contributed by atoms with Crippen molar-refractivity contribution in [3.05, 3.63) is 63.8 Å². The first-order valence-corrected chi connectivity index (χ1v) is 10.5. The van der Waals surface area contributed by atoms with E-state index in [1.54, 1.807) is 18.2 Å². The topological polar surface area (TPSA) is 111 Å². The summed E-state index contributed by atoms with van der Waals surface area (Å²) < 4.78 is 10.7. The third kappa shape index (κ3) is 4.14. The van der Waals surface area contributed by atoms with Gasteiger partial charge >= 0.3 is 0 Å². The zero-order chi connectivity index (χ0) is 22.7. The molecular weight excluding hydrogens is 414 g/mol. The van der Waals surface area contributed by atoms with Crippen molar-refractivity contribution in [2.75, 3.05) is 18.7 Å². The number of non-ortho nitro benzene ring substituents is 1. The number of rotatable bonds is 9. The van der Waals surface area contributed by atoms with Gasteiger partial charge in [-0.1, -0.05) is 26.2 Å². The van der Waals surface area contributed by atoms with Gasteiger partial charge in [-0.25, -0.2) is 0 Å². The molecule has 0 saturated carbocycles. The summed E-state index contributed by atoms with van der Waals surface area (Å²) in [5.74, 6) is 0.313. The molecule has 2 heterocycles. The molecule has 0 fully saturated rings. The number of nitro benzene ring substituents is 1. The largest absolute Gasteiger partial charge is 0.454 e. The molecule has 32 heavy (non-hydrogen) atoms. The highest BCUT2D eigenvalue weighted by Crippen LogP contribution is 2.36. The minimum absolute atomic E-state index is 0.0900. The molecule has 166 valence electrons. The number of amides is 2. The van der Waals surface area contributed by atoms with Crippen LogP contribution in [0.15, 0.2) is 48.2 Å². The molecule has 9 heteroatoms. The van der Waals surface area contributed by atoms with Gasteiger partial charge in [0.05, 0.1) is 10.5 Å². The second-order valence-corrected chi connectivity index (χ2v) is 7.57. The molecular formula is C23H23N3O6. The highest BCUT2D eigenvalue weighted by atomic mass is 16.7. The van der Waals surface area contributed by atoms with E-state index in [2.05, 4.69) is 12.2 Å². The number of nitro groups is 1. The second kappa shape index (κ2) is 9.09. The van der Waals surface area contributed by atoms with Gasteiger partial charge in [-0.15, -0.1) is 0 Å². The van der Waals surface area contributed by atoms with Crippen LogP contribution in [0, 0.1) is 10.1 Å². The molecule has 2 aromatic carbocycles. The number of nitrogens with zero attached hydrogens (tertiary/aromatic N) is 2. The maximum atomic E-state index is 13.2. The van der Waals surface area contributed by atoms with E-state index in [4.69, 9.17) is 9.47 Å². The van der Waals surface area contributed by atoms with E-state index >= 15 is 0 Å². The van der Waals surface area contributed by atoms with E-state index in [1.807, 2.05) is 0 Å². The van der Waals surface area contributed by atoms with Crippen LogP contribution in [0.5, 0.6) is 11.5 Å². The minimum atomic E-state index is -0.508. The molecule has 0 saturated heterocycles. The molecule has 4 rings (SSSR count). The summed E-state index contributed by atoms with van der Waals surface area (Å²) >= 11 is 0. The lowest BCUT2D eigenvalue weighted by atomic mass is 10.0. The number of nitrogens with one attached hydrogen (secondary N) is 1. The average Bonchev–Trinajstić information content (AvgIpc) is 3.34. The first-order chi connectivity index (χ1) is 15.5. The van der Waals surface area contributed by atoms with E-state index in [-0.39, 0.29) is 23.8 Å². The van der Waals surface area contributed by atoms with Crippen LogP contribution in [0.3, 0.4) is 0 Å². The Morgan fingerprint density at radius 2 is 1.75 bits per heavy atom. The SMILES string of the molecule is CCCCCCN1C(=O)C(Nc2ccc3c(c2)OCO3)=C(c2ccc([N+](=O)[O-])cc2)C1=O. The Morgan fingerprint density at radius 1 is 1.00 bits per heavy atom. The van der Waals surface area contributed by atoms with Gasteiger partial charge in [0.25, 0.3) is 17.5 Å². The van der Waals surface area contributed by atoms with Crippen molar-refractivity contribution in [2.24, 2.45) is 0 Å². The molecule has 0 aliphatic carbocycles. The molecule has 2 amide bonds. The fraction of sp³-hybridized carbons (Fsp3) is 0.304. The normalized spacial score (nSPS) is 15.0. The monoisotopic (exact) mass is 437 g/mol. The number of carbonyl (C=O) groups excluding carboxylic acids is 2. The Balaban J connectivity index is 1.66. The van der Waals surface area contributed by atoms with Crippen LogP contribution < -0.4 is 14.8 Å². The third-order valence-corrected chi connectivity index (χ3v) is 5.41. The molecule has 0 atom stereocenters. The second-order valence-electron chi connectivity index (χ2n) is 7.57. The van der Waals surface area contributed by atoms with Crippen molar-refractivity contribution in [2.45, 2.75) is 32.6 Å². The summed E-state index contributed by atoms with van der Waals surface area (Å²) in [5, 5.41) is 14.1. The van der Waals surface area contributed by atoms with Gasteiger partial charge in [0, 0.05) is 30.4 Å². The van der Waals surface area contributed by atoms with Crippen LogP contribution in [-0.2, 0) is 9.59 Å². The minimum Gasteiger partial charge on any atom is -0.454 e. The number of benzene rings is 2. The zero-order valence-corrected chi connectivity index (χ0v) is 17.6. The van der Waals surface area contributed by atoms with E-state index in [0.717, 1.165) is 25.7 Å². The number of unbranched alkanes of at least 4 members (excludes halogenated alkanes) is 3. The maximum absolute atomic E-state index is 13.2. The molecule has 0 bridgehead atoms. The summed E-state index contributed by atoms with van der Waals surface area (Å²) in [7, 11) is 0. The number of ether oxygens (including phenoxy) is 2. The first kappa shape index (κ1) is 21.4. The molecule has 9 nitrogen and oxygen atoms in total. The van der Waals surface area contributed by atoms with E-state index in [1.165, 1.54) is 29.2 Å². The molecule has 1 N–H and O–H groups in total. The highest BCUT2D eigenvalue weighted by Gasteiger charge is 2.39. The van der Waals surface area contributed by atoms with Crippen LogP contribution in [0.25, 0.3) is 5.57 Å². The number of hydrogen-bond acceptors (Lipinski definition) is 7. The quantitative estimate of drug-likeness (QED) is 0.272. The number of anilines is 1. The fourth-order valence-electron chi connectivity index (χ4n) is 3.73. The first-order valence-electron chi connectivity index (χ1n) is 10.5. The van der Waals surface area contributed by atoms with Crippen molar-refractivity contribution in [1.29, 1.82) is 0 Å². The van der Waals surface area contributed by atoms with Crippen molar-refractivity contribution in [3.63, 3.8) is 0 Å². The van der Waals surface area contributed by atoms with Gasteiger partial charge < -0.3 is 14.8 Å². The lowest BCUT2D eigenvalue weighted by Crippen LogP contribution is -2.33. The molecule has 2 aliphatic heterocycles. The summed E-state index contributed by atoms with van der Waals surface area (Å²) in [6.07, 6.45) is 3.72. The van der Waals surface area contributed by atoms with E-state index in [9.17, 15) is 19.7 Å². The molecule has 0 aromatic heterocycles. The van der Waals surface area contributed by atoms with Gasteiger partial charge in [0.15, 0.2) is 11.5 Å². The molecule has 2 aromatic rings. The summed E-state index contributed by atoms with van der Waals surface area (Å²) in [6.45, 7) is 2.53. The van der Waals surface area contributed by atoms with Crippen LogP contribution in [0.1, 0.15) is 38.2 Å². The third-order valence-electron chi connectivity index (χ3n) is 5.41. The number of hydrogen-bond donors (Lipinski definition) is 1. The van der Waals surface area contributed by atoms with Crippen molar-refractivity contribution in [1.82, 2.24) is 4.90 Å². The van der Waals surface area contributed by atoms with Gasteiger partial charge in [0.2, 0.25) is 6.79 Å². The van der Waals surface area contributed by atoms with E-state index in [0.29, 0.717) is 29.3 Å². The van der Waals surface area contributed by atoms with Crippen LogP contribution >= 0.6 is 0 Å². The van der Waals surface area contributed by atoms with Gasteiger partial charge in [-0.2, -0.15) is 0 Å². The number of carbonyl (C=O) groups is 2. The Labute approximate surface area is 184 Å². The molecule has 2 aliphatic rings. The number of fused-ring (bicyclic) bond motifs is 1. The highest BCUT2D eigenvalue weighted by molar-refractivity contribution is 6.36. The molecule has 0 spiro atoms. The molecule has 0 radical (unpaired) electrons. The number of imide groups is 1.